The number of hydrogen-bond donors (Lipinski definition) is 1. The molecule has 1 aromatic carbocycles. The van der Waals surface area contributed by atoms with Gasteiger partial charge in [-0.2, -0.15) is 0 Å². The van der Waals surface area contributed by atoms with E-state index in [9.17, 15) is 24.1 Å². The second-order valence-corrected chi connectivity index (χ2v) is 3.78. The molecule has 0 saturated carbocycles. The number of carboxylic acid groups (broad SMARTS) is 1. The summed E-state index contributed by atoms with van der Waals surface area (Å²) in [5.41, 5.74) is -0.569. The van der Waals surface area contributed by atoms with Gasteiger partial charge in [0, 0.05) is 5.56 Å². The molecule has 0 atom stereocenters. The normalized spacial score (nSPS) is 10.1. The minimum Gasteiger partial charge on any atom is -0.481 e. The van der Waals surface area contributed by atoms with Crippen LogP contribution in [0.3, 0.4) is 0 Å². The molecule has 0 bridgehead atoms. The number of hydrogen-bond acceptors (Lipinski definition) is 5. The van der Waals surface area contributed by atoms with Gasteiger partial charge in [0.25, 0.3) is 5.69 Å². The van der Waals surface area contributed by atoms with E-state index in [1.165, 1.54) is 13.8 Å². The van der Waals surface area contributed by atoms with Crippen LogP contribution < -0.4 is 4.74 Å². The first-order valence-electron chi connectivity index (χ1n) is 5.10. The summed E-state index contributed by atoms with van der Waals surface area (Å²) in [4.78, 5) is 31.4. The third kappa shape index (κ3) is 3.24. The number of carbonyl (C=O) groups is 2. The van der Waals surface area contributed by atoms with E-state index < -0.39 is 40.5 Å². The van der Waals surface area contributed by atoms with Crippen LogP contribution in [0.1, 0.15) is 17.5 Å². The zero-order valence-electron chi connectivity index (χ0n) is 10.1. The van der Waals surface area contributed by atoms with E-state index in [2.05, 4.69) is 4.74 Å². The Bertz CT molecular complexity index is 569. The quantitative estimate of drug-likeness (QED) is 0.294. The minimum absolute atomic E-state index is 0.113. The highest BCUT2D eigenvalue weighted by Gasteiger charge is 2.24. The average molecular weight is 271 g/mol. The summed E-state index contributed by atoms with van der Waals surface area (Å²) in [6.07, 6.45) is -0.922. The lowest BCUT2D eigenvalue weighted by atomic mass is 10.1. The first-order chi connectivity index (χ1) is 8.73. The highest BCUT2D eigenvalue weighted by Crippen LogP contribution is 2.32. The van der Waals surface area contributed by atoms with Crippen molar-refractivity contribution in [3.05, 3.63) is 33.1 Å². The maximum atomic E-state index is 13.8. The van der Waals surface area contributed by atoms with Crippen LogP contribution in [-0.2, 0) is 9.59 Å². The van der Waals surface area contributed by atoms with Gasteiger partial charge in [0.1, 0.15) is 6.42 Å². The summed E-state index contributed by atoms with van der Waals surface area (Å²) < 4.78 is 18.3. The number of halogens is 1. The van der Waals surface area contributed by atoms with E-state index >= 15 is 0 Å². The Labute approximate surface area is 106 Å². The topological polar surface area (TPSA) is 107 Å². The fourth-order valence-corrected chi connectivity index (χ4v) is 1.55. The molecule has 1 N–H and O–H groups in total. The number of nitrogens with zero attached hydrogens (tertiary/aromatic N) is 1. The smallest absolute Gasteiger partial charge is 0.322 e. The number of nitro benzene ring substituents is 1. The SMILES string of the molecule is Cc1cc(OC(=O)CC(=O)O)c(F)c(C)c1[N+](=O)[O-]. The van der Waals surface area contributed by atoms with Crippen molar-refractivity contribution in [2.75, 3.05) is 0 Å². The Morgan fingerprint density at radius 3 is 2.53 bits per heavy atom. The van der Waals surface area contributed by atoms with E-state index in [1.807, 2.05) is 0 Å². The number of aryl methyl sites for hydroxylation is 1. The maximum Gasteiger partial charge on any atom is 0.322 e. The first-order valence-corrected chi connectivity index (χ1v) is 5.10. The van der Waals surface area contributed by atoms with Gasteiger partial charge in [-0.3, -0.25) is 19.7 Å². The average Bonchev–Trinajstić information content (AvgIpc) is 2.23. The predicted octanol–water partition coefficient (Wildman–Crippen LogP) is 1.73. The lowest BCUT2D eigenvalue weighted by Crippen LogP contribution is -2.14. The van der Waals surface area contributed by atoms with Gasteiger partial charge >= 0.3 is 11.9 Å². The van der Waals surface area contributed by atoms with Crippen molar-refractivity contribution in [1.29, 1.82) is 0 Å². The van der Waals surface area contributed by atoms with E-state index in [0.717, 1.165) is 6.07 Å². The molecular weight excluding hydrogens is 261 g/mol. The summed E-state index contributed by atoms with van der Waals surface area (Å²) in [6.45, 7) is 2.54. The van der Waals surface area contributed by atoms with Crippen molar-refractivity contribution in [3.63, 3.8) is 0 Å². The van der Waals surface area contributed by atoms with Gasteiger partial charge in [0.2, 0.25) is 0 Å². The van der Waals surface area contributed by atoms with Crippen molar-refractivity contribution < 1.29 is 28.7 Å². The molecule has 0 spiro atoms. The number of carboxylic acids is 1. The Kier molecular flexibility index (Phi) is 4.15. The molecule has 0 unspecified atom stereocenters. The lowest BCUT2D eigenvalue weighted by Gasteiger charge is -2.08. The van der Waals surface area contributed by atoms with Crippen LogP contribution in [-0.4, -0.2) is 22.0 Å². The molecule has 1 aromatic rings. The summed E-state index contributed by atoms with van der Waals surface area (Å²) in [5.74, 6) is -4.15. The molecular formula is C11H10FNO6. The Balaban J connectivity index is 3.15. The van der Waals surface area contributed by atoms with Gasteiger partial charge in [-0.15, -0.1) is 0 Å². The minimum atomic E-state index is -1.42. The number of carbonyl (C=O) groups excluding carboxylic acids is 1. The molecule has 1 rings (SSSR count). The zero-order valence-corrected chi connectivity index (χ0v) is 10.1. The molecule has 19 heavy (non-hydrogen) atoms. The van der Waals surface area contributed by atoms with Crippen LogP contribution in [0.2, 0.25) is 0 Å². The number of rotatable bonds is 4. The fraction of sp³-hybridized carbons (Fsp3) is 0.273. The summed E-state index contributed by atoms with van der Waals surface area (Å²) in [6, 6.07) is 0.986. The Hall–Kier alpha value is -2.51. The molecule has 102 valence electrons. The molecule has 0 fully saturated rings. The molecule has 7 nitrogen and oxygen atoms in total. The third-order valence-electron chi connectivity index (χ3n) is 2.32. The standard InChI is InChI=1S/C11H10FNO6/c1-5-3-7(19-9(16)4-8(14)15)10(12)6(2)11(5)13(17)18/h3H,4H2,1-2H3,(H,14,15). The first kappa shape index (κ1) is 14.6. The van der Waals surface area contributed by atoms with Gasteiger partial charge in [0.05, 0.1) is 10.5 Å². The van der Waals surface area contributed by atoms with Crippen LogP contribution in [0.15, 0.2) is 6.07 Å². The zero-order chi connectivity index (χ0) is 14.7. The highest BCUT2D eigenvalue weighted by atomic mass is 19.1. The van der Waals surface area contributed by atoms with Gasteiger partial charge < -0.3 is 9.84 Å². The number of ether oxygens (including phenoxy) is 1. The summed E-state index contributed by atoms with van der Waals surface area (Å²) in [7, 11) is 0. The second-order valence-electron chi connectivity index (χ2n) is 3.78. The van der Waals surface area contributed by atoms with Crippen molar-refractivity contribution in [3.8, 4) is 5.75 Å². The van der Waals surface area contributed by atoms with Crippen molar-refractivity contribution in [2.24, 2.45) is 0 Å². The molecule has 0 radical (unpaired) electrons. The largest absolute Gasteiger partial charge is 0.481 e. The number of nitro groups is 1. The third-order valence-corrected chi connectivity index (χ3v) is 2.32. The Morgan fingerprint density at radius 2 is 2.05 bits per heavy atom. The van der Waals surface area contributed by atoms with E-state index in [0.29, 0.717) is 0 Å². The fourth-order valence-electron chi connectivity index (χ4n) is 1.55. The van der Waals surface area contributed by atoms with Crippen molar-refractivity contribution >= 4 is 17.6 Å². The van der Waals surface area contributed by atoms with Crippen LogP contribution in [0, 0.1) is 29.8 Å². The van der Waals surface area contributed by atoms with E-state index in [4.69, 9.17) is 5.11 Å². The molecule has 8 heteroatoms. The number of aliphatic carboxylic acids is 1. The van der Waals surface area contributed by atoms with Crippen molar-refractivity contribution in [2.45, 2.75) is 20.3 Å². The Morgan fingerprint density at radius 1 is 1.47 bits per heavy atom. The molecule has 0 aliphatic rings. The predicted molar refractivity (Wildman–Crippen MR) is 60.4 cm³/mol. The number of esters is 1. The van der Waals surface area contributed by atoms with Gasteiger partial charge in [0.15, 0.2) is 11.6 Å². The highest BCUT2D eigenvalue weighted by molar-refractivity contribution is 5.91. The molecule has 0 saturated heterocycles. The summed E-state index contributed by atoms with van der Waals surface area (Å²) >= 11 is 0. The van der Waals surface area contributed by atoms with Crippen LogP contribution in [0.5, 0.6) is 5.75 Å². The van der Waals surface area contributed by atoms with Crippen LogP contribution in [0.4, 0.5) is 10.1 Å². The monoisotopic (exact) mass is 271 g/mol. The molecule has 0 amide bonds. The maximum absolute atomic E-state index is 13.8. The summed E-state index contributed by atoms with van der Waals surface area (Å²) in [5, 5.41) is 19.1. The van der Waals surface area contributed by atoms with E-state index in [1.54, 1.807) is 0 Å². The van der Waals surface area contributed by atoms with Crippen molar-refractivity contribution in [1.82, 2.24) is 0 Å². The molecule has 0 aliphatic carbocycles. The molecule has 0 aliphatic heterocycles. The number of benzene rings is 1. The van der Waals surface area contributed by atoms with Crippen LogP contribution in [0.25, 0.3) is 0 Å². The second kappa shape index (κ2) is 5.42. The molecule has 0 aromatic heterocycles. The van der Waals surface area contributed by atoms with Crippen LogP contribution >= 0.6 is 0 Å². The lowest BCUT2D eigenvalue weighted by molar-refractivity contribution is -0.386. The van der Waals surface area contributed by atoms with E-state index in [-0.39, 0.29) is 11.1 Å². The van der Waals surface area contributed by atoms with Gasteiger partial charge in [-0.25, -0.2) is 4.39 Å². The van der Waals surface area contributed by atoms with Gasteiger partial charge in [-0.1, -0.05) is 0 Å². The molecule has 0 heterocycles. The van der Waals surface area contributed by atoms with Gasteiger partial charge in [-0.05, 0) is 19.9 Å².